The quantitative estimate of drug-likeness (QED) is 0.311. The number of hydrogen-bond acceptors (Lipinski definition) is 5. The summed E-state index contributed by atoms with van der Waals surface area (Å²) in [5, 5.41) is 0. The van der Waals surface area contributed by atoms with Gasteiger partial charge in [0.2, 0.25) is 0 Å². The molecule has 2 bridgehead atoms. The molecule has 3 aliphatic carbocycles. The smallest absolute Gasteiger partial charge is 0.312 e. The molecule has 0 saturated heterocycles. The van der Waals surface area contributed by atoms with Crippen LogP contribution in [0.5, 0.6) is 0 Å². The first-order valence-electron chi connectivity index (χ1n) is 7.28. The van der Waals surface area contributed by atoms with Crippen molar-refractivity contribution in [2.75, 3.05) is 27.0 Å². The van der Waals surface area contributed by atoms with Gasteiger partial charge < -0.3 is 9.05 Å². The van der Waals surface area contributed by atoms with Crippen LogP contribution in [-0.4, -0.2) is 32.6 Å². The second-order valence-electron chi connectivity index (χ2n) is 6.76. The third-order valence-corrected chi connectivity index (χ3v) is 7.29. The van der Waals surface area contributed by atoms with Crippen molar-refractivity contribution in [3.63, 3.8) is 0 Å². The van der Waals surface area contributed by atoms with Crippen LogP contribution < -0.4 is 0 Å². The van der Waals surface area contributed by atoms with Gasteiger partial charge in [-0.05, 0) is 43.4 Å². The number of hydrogen-bond donors (Lipinski definition) is 0. The lowest BCUT2D eigenvalue weighted by atomic mass is 9.44. The fourth-order valence-electron chi connectivity index (χ4n) is 3.86. The van der Waals surface area contributed by atoms with Crippen LogP contribution >= 0.6 is 7.60 Å². The van der Waals surface area contributed by atoms with Gasteiger partial charge in [0.25, 0.3) is 0 Å². The van der Waals surface area contributed by atoms with Crippen molar-refractivity contribution in [1.82, 2.24) is 0 Å². The Balaban J connectivity index is 1.81. The van der Waals surface area contributed by atoms with E-state index in [1.165, 1.54) is 27.1 Å². The van der Waals surface area contributed by atoms with Crippen LogP contribution in [0.4, 0.5) is 0 Å². The third kappa shape index (κ3) is 2.84. The lowest BCUT2D eigenvalue weighted by Gasteiger charge is -2.63. The molecule has 3 aliphatic rings. The fourth-order valence-corrected chi connectivity index (χ4v) is 4.67. The third-order valence-electron chi connectivity index (χ3n) is 5.45. The molecule has 3 saturated carbocycles. The first-order valence-corrected chi connectivity index (χ1v) is 9.01. The molecule has 0 radical (unpaired) electrons. The molecule has 0 heterocycles. The molecule has 0 N–H and O–H groups in total. The number of rotatable bonds is 7. The molecule has 20 heavy (non-hydrogen) atoms. The summed E-state index contributed by atoms with van der Waals surface area (Å²) in [5.41, 5.74) is 0.104. The molecule has 5 nitrogen and oxygen atoms in total. The molecular weight excluding hydrogens is 279 g/mol. The summed E-state index contributed by atoms with van der Waals surface area (Å²) in [7, 11) is -0.250. The zero-order valence-corrected chi connectivity index (χ0v) is 14.1. The Morgan fingerprint density at radius 3 is 2.35 bits per heavy atom. The van der Waals surface area contributed by atoms with Crippen molar-refractivity contribution < 1.29 is 23.4 Å². The molecule has 3 rings (SSSR count). The molecule has 0 aliphatic heterocycles. The normalized spacial score (nSPS) is 35.6. The van der Waals surface area contributed by atoms with Crippen LogP contribution in [0.15, 0.2) is 0 Å². The van der Waals surface area contributed by atoms with Crippen LogP contribution in [0.3, 0.4) is 0 Å². The fraction of sp³-hybridized carbons (Fsp3) is 1.00. The maximum atomic E-state index is 11.9. The van der Waals surface area contributed by atoms with E-state index in [0.29, 0.717) is 11.3 Å². The zero-order valence-electron chi connectivity index (χ0n) is 13.2. The minimum absolute atomic E-state index is 0.201. The standard InChI is InChI=1S/C14H27O5P/c1-13(2)11-6-7-14(3,12(13)10-11)19-18-8-9-20(15,16-4)17-5/h11-12H,6-10H2,1-5H3. The highest BCUT2D eigenvalue weighted by atomic mass is 31.2. The van der Waals surface area contributed by atoms with Gasteiger partial charge in [-0.25, -0.2) is 9.78 Å². The topological polar surface area (TPSA) is 54.0 Å². The van der Waals surface area contributed by atoms with Crippen molar-refractivity contribution in [2.45, 2.75) is 45.6 Å². The summed E-state index contributed by atoms with van der Waals surface area (Å²) in [6.45, 7) is 6.97. The van der Waals surface area contributed by atoms with Crippen LogP contribution in [0.2, 0.25) is 0 Å². The van der Waals surface area contributed by atoms with Crippen molar-refractivity contribution in [2.24, 2.45) is 17.3 Å². The molecule has 6 heteroatoms. The number of fused-ring (bicyclic) bond motifs is 2. The predicted octanol–water partition coefficient (Wildman–Crippen LogP) is 3.64. The van der Waals surface area contributed by atoms with Crippen molar-refractivity contribution in [1.29, 1.82) is 0 Å². The first kappa shape index (κ1) is 16.4. The maximum Gasteiger partial charge on any atom is 0.332 e. The van der Waals surface area contributed by atoms with E-state index in [2.05, 4.69) is 20.8 Å². The van der Waals surface area contributed by atoms with Gasteiger partial charge >= 0.3 is 7.60 Å². The Hall–Kier alpha value is 0.0700. The highest BCUT2D eigenvalue weighted by molar-refractivity contribution is 7.53. The lowest BCUT2D eigenvalue weighted by molar-refractivity contribution is -0.397. The molecule has 3 unspecified atom stereocenters. The van der Waals surface area contributed by atoms with Gasteiger partial charge in [-0.1, -0.05) is 13.8 Å². The Morgan fingerprint density at radius 1 is 1.20 bits per heavy atom. The average Bonchev–Trinajstić information content (AvgIpc) is 2.43. The van der Waals surface area contributed by atoms with Gasteiger partial charge in [-0.2, -0.15) is 0 Å². The summed E-state index contributed by atoms with van der Waals surface area (Å²) in [6.07, 6.45) is 3.64. The molecular formula is C14H27O5P. The molecule has 3 fully saturated rings. The van der Waals surface area contributed by atoms with E-state index in [1.54, 1.807) is 0 Å². The lowest BCUT2D eigenvalue weighted by Crippen LogP contribution is -2.61. The van der Waals surface area contributed by atoms with E-state index < -0.39 is 7.60 Å². The highest BCUT2D eigenvalue weighted by Gasteiger charge is 2.60. The Morgan fingerprint density at radius 2 is 1.85 bits per heavy atom. The molecule has 0 spiro atoms. The Labute approximate surface area is 121 Å². The molecule has 0 aromatic carbocycles. The van der Waals surface area contributed by atoms with Crippen molar-refractivity contribution in [3.05, 3.63) is 0 Å². The summed E-state index contributed by atoms with van der Waals surface area (Å²) in [4.78, 5) is 11.0. The summed E-state index contributed by atoms with van der Waals surface area (Å²) in [5.74, 6) is 1.36. The van der Waals surface area contributed by atoms with E-state index >= 15 is 0 Å². The maximum absolute atomic E-state index is 11.9. The minimum Gasteiger partial charge on any atom is -0.312 e. The second kappa shape index (κ2) is 5.69. The molecule has 0 aromatic rings. The van der Waals surface area contributed by atoms with Crippen molar-refractivity contribution >= 4 is 7.60 Å². The van der Waals surface area contributed by atoms with Crippen LogP contribution in [0.25, 0.3) is 0 Å². The second-order valence-corrected chi connectivity index (χ2v) is 9.16. The van der Waals surface area contributed by atoms with Crippen LogP contribution in [0.1, 0.15) is 40.0 Å². The largest absolute Gasteiger partial charge is 0.332 e. The van der Waals surface area contributed by atoms with E-state index in [-0.39, 0.29) is 18.4 Å². The predicted molar refractivity (Wildman–Crippen MR) is 76.5 cm³/mol. The zero-order chi connectivity index (χ0) is 15.0. The van der Waals surface area contributed by atoms with Crippen LogP contribution in [0, 0.1) is 17.3 Å². The summed E-state index contributed by atoms with van der Waals surface area (Å²) >= 11 is 0. The van der Waals surface area contributed by atoms with Crippen molar-refractivity contribution in [3.8, 4) is 0 Å². The van der Waals surface area contributed by atoms with Gasteiger partial charge in [-0.3, -0.25) is 4.57 Å². The van der Waals surface area contributed by atoms with Gasteiger partial charge in [0.15, 0.2) is 0 Å². The molecule has 0 aromatic heterocycles. The molecule has 3 atom stereocenters. The van der Waals surface area contributed by atoms with Gasteiger partial charge in [0, 0.05) is 14.2 Å². The highest BCUT2D eigenvalue weighted by Crippen LogP contribution is 2.63. The Kier molecular flexibility index (Phi) is 4.68. The Bertz CT molecular complexity index is 387. The van der Waals surface area contributed by atoms with Crippen LogP contribution in [-0.2, 0) is 23.4 Å². The van der Waals surface area contributed by atoms with E-state index in [0.717, 1.165) is 12.3 Å². The van der Waals surface area contributed by atoms with Gasteiger partial charge in [-0.15, -0.1) is 0 Å². The average molecular weight is 306 g/mol. The monoisotopic (exact) mass is 306 g/mol. The van der Waals surface area contributed by atoms with E-state index in [4.69, 9.17) is 18.8 Å². The molecule has 118 valence electrons. The van der Waals surface area contributed by atoms with E-state index in [9.17, 15) is 4.57 Å². The van der Waals surface area contributed by atoms with E-state index in [1.807, 2.05) is 0 Å². The minimum atomic E-state index is -3.01. The summed E-state index contributed by atoms with van der Waals surface area (Å²) in [6, 6.07) is 0. The first-order chi connectivity index (χ1) is 9.27. The van der Waals surface area contributed by atoms with Gasteiger partial charge in [0.1, 0.15) is 5.60 Å². The van der Waals surface area contributed by atoms with Gasteiger partial charge in [0.05, 0.1) is 12.8 Å². The summed E-state index contributed by atoms with van der Waals surface area (Å²) < 4.78 is 21.6. The SMILES string of the molecule is COP(=O)(CCOOC1(C)CCC2CC1C2(C)C)OC. The molecule has 0 amide bonds.